The number of carbonyl (C=O) groups excluding carboxylic acids is 1. The van der Waals surface area contributed by atoms with Gasteiger partial charge in [-0.2, -0.15) is 0 Å². The van der Waals surface area contributed by atoms with E-state index in [1.54, 1.807) is 0 Å². The molecule has 0 unspecified atom stereocenters. The minimum atomic E-state index is -0.451. The average Bonchev–Trinajstić information content (AvgIpc) is 2.93. The zero-order chi connectivity index (χ0) is 14.8. The fourth-order valence-electron chi connectivity index (χ4n) is 2.65. The van der Waals surface area contributed by atoms with Gasteiger partial charge in [0, 0.05) is 13.1 Å². The van der Waals surface area contributed by atoms with Crippen LogP contribution in [0.4, 0.5) is 4.79 Å². The molecule has 112 valence electrons. The lowest BCUT2D eigenvalue weighted by molar-refractivity contribution is 0.0219. The third-order valence-corrected chi connectivity index (χ3v) is 3.43. The third-order valence-electron chi connectivity index (χ3n) is 3.43. The lowest BCUT2D eigenvalue weighted by Crippen LogP contribution is -2.37. The number of ether oxygens (including phenoxy) is 1. The number of imidazole rings is 1. The van der Waals surface area contributed by atoms with Gasteiger partial charge in [0.25, 0.3) is 0 Å². The summed E-state index contributed by atoms with van der Waals surface area (Å²) >= 11 is 0. The normalized spacial score (nSPS) is 19.4. The number of amides is 1. The van der Waals surface area contributed by atoms with E-state index in [0.717, 1.165) is 38.0 Å². The van der Waals surface area contributed by atoms with Gasteiger partial charge >= 0.3 is 6.09 Å². The van der Waals surface area contributed by atoms with E-state index in [1.807, 2.05) is 38.2 Å². The van der Waals surface area contributed by atoms with Crippen LogP contribution in [0.1, 0.15) is 58.7 Å². The second-order valence-corrected chi connectivity index (χ2v) is 6.34. The molecule has 1 amide bonds. The molecular weight excluding hydrogens is 254 g/mol. The predicted molar refractivity (Wildman–Crippen MR) is 77.4 cm³/mol. The number of hydrogen-bond acceptors (Lipinski definition) is 3. The molecule has 5 nitrogen and oxygen atoms in total. The first-order valence-corrected chi connectivity index (χ1v) is 7.42. The highest BCUT2D eigenvalue weighted by Gasteiger charge is 2.34. The fourth-order valence-corrected chi connectivity index (χ4v) is 2.65. The number of aromatic nitrogens is 2. The maximum absolute atomic E-state index is 12.3. The molecule has 2 rings (SSSR count). The van der Waals surface area contributed by atoms with Gasteiger partial charge in [0.1, 0.15) is 5.60 Å². The highest BCUT2D eigenvalue weighted by atomic mass is 16.6. The van der Waals surface area contributed by atoms with Crippen LogP contribution in [-0.2, 0) is 11.3 Å². The molecule has 1 aliphatic heterocycles. The summed E-state index contributed by atoms with van der Waals surface area (Å²) in [4.78, 5) is 18.4. The van der Waals surface area contributed by atoms with Crippen LogP contribution in [0, 0.1) is 0 Å². The standard InChI is InChI=1S/C15H25N3O2/c1-5-8-17-11-16-10-13(17)12-7-6-9-18(12)14(19)20-15(2,3)4/h10-12H,5-9H2,1-4H3/t12-/m0/s1. The molecule has 0 N–H and O–H groups in total. The molecule has 0 bridgehead atoms. The first-order valence-electron chi connectivity index (χ1n) is 7.42. The predicted octanol–water partition coefficient (Wildman–Crippen LogP) is 3.37. The molecule has 5 heteroatoms. The SMILES string of the molecule is CCCn1cncc1[C@@H]1CCCN1C(=O)OC(C)(C)C. The van der Waals surface area contributed by atoms with Crippen molar-refractivity contribution >= 4 is 6.09 Å². The molecule has 1 saturated heterocycles. The summed E-state index contributed by atoms with van der Waals surface area (Å²) < 4.78 is 7.65. The molecule has 2 heterocycles. The average molecular weight is 279 g/mol. The number of hydrogen-bond donors (Lipinski definition) is 0. The van der Waals surface area contributed by atoms with Gasteiger partial charge in [0.2, 0.25) is 0 Å². The second kappa shape index (κ2) is 5.85. The molecule has 20 heavy (non-hydrogen) atoms. The molecule has 1 fully saturated rings. The van der Waals surface area contributed by atoms with Crippen LogP contribution in [0.2, 0.25) is 0 Å². The quantitative estimate of drug-likeness (QED) is 0.852. The maximum Gasteiger partial charge on any atom is 0.410 e. The van der Waals surface area contributed by atoms with Crippen molar-refractivity contribution in [3.63, 3.8) is 0 Å². The van der Waals surface area contributed by atoms with E-state index >= 15 is 0 Å². The van der Waals surface area contributed by atoms with E-state index in [1.165, 1.54) is 0 Å². The highest BCUT2D eigenvalue weighted by Crippen LogP contribution is 2.33. The molecule has 1 aromatic heterocycles. The van der Waals surface area contributed by atoms with E-state index in [9.17, 15) is 4.79 Å². The molecular formula is C15H25N3O2. The minimum Gasteiger partial charge on any atom is -0.444 e. The minimum absolute atomic E-state index is 0.0962. The molecule has 0 aromatic carbocycles. The van der Waals surface area contributed by atoms with Crippen molar-refractivity contribution < 1.29 is 9.53 Å². The van der Waals surface area contributed by atoms with Crippen LogP contribution in [-0.4, -0.2) is 32.7 Å². The van der Waals surface area contributed by atoms with Gasteiger partial charge in [0.05, 0.1) is 24.3 Å². The molecule has 1 atom stereocenters. The van der Waals surface area contributed by atoms with Gasteiger partial charge in [0.15, 0.2) is 0 Å². The van der Waals surface area contributed by atoms with Crippen LogP contribution in [0.25, 0.3) is 0 Å². The number of rotatable bonds is 3. The number of nitrogens with zero attached hydrogens (tertiary/aromatic N) is 3. The van der Waals surface area contributed by atoms with Gasteiger partial charge in [-0.25, -0.2) is 9.78 Å². The monoisotopic (exact) mass is 279 g/mol. The van der Waals surface area contributed by atoms with Crippen molar-refractivity contribution in [3.05, 3.63) is 18.2 Å². The zero-order valence-corrected chi connectivity index (χ0v) is 12.9. The first-order chi connectivity index (χ1) is 9.42. The number of aryl methyl sites for hydroxylation is 1. The van der Waals surface area contributed by atoms with Crippen molar-refractivity contribution in [2.75, 3.05) is 6.54 Å². The molecule has 0 aliphatic carbocycles. The second-order valence-electron chi connectivity index (χ2n) is 6.34. The molecule has 0 saturated carbocycles. The Morgan fingerprint density at radius 1 is 1.50 bits per heavy atom. The molecule has 1 aliphatic rings. The fraction of sp³-hybridized carbons (Fsp3) is 0.733. The van der Waals surface area contributed by atoms with Crippen molar-refractivity contribution in [2.45, 2.75) is 65.1 Å². The van der Waals surface area contributed by atoms with E-state index < -0.39 is 5.60 Å². The highest BCUT2D eigenvalue weighted by molar-refractivity contribution is 5.69. The summed E-state index contributed by atoms with van der Waals surface area (Å²) in [6, 6.07) is 0.0962. The Hall–Kier alpha value is -1.52. The Morgan fingerprint density at radius 3 is 2.90 bits per heavy atom. The van der Waals surface area contributed by atoms with Gasteiger partial charge in [-0.1, -0.05) is 6.92 Å². The number of carbonyl (C=O) groups is 1. The zero-order valence-electron chi connectivity index (χ0n) is 12.9. The maximum atomic E-state index is 12.3. The van der Waals surface area contributed by atoms with Crippen molar-refractivity contribution in [1.82, 2.24) is 14.5 Å². The first kappa shape index (κ1) is 14.9. The molecule has 0 spiro atoms. The summed E-state index contributed by atoms with van der Waals surface area (Å²) in [6.45, 7) is 9.54. The summed E-state index contributed by atoms with van der Waals surface area (Å²) in [7, 11) is 0. The van der Waals surface area contributed by atoms with Gasteiger partial charge < -0.3 is 9.30 Å². The van der Waals surface area contributed by atoms with E-state index in [2.05, 4.69) is 16.5 Å². The Labute approximate surface area is 120 Å². The van der Waals surface area contributed by atoms with Gasteiger partial charge in [-0.3, -0.25) is 4.90 Å². The lowest BCUT2D eigenvalue weighted by Gasteiger charge is -2.29. The van der Waals surface area contributed by atoms with Crippen molar-refractivity contribution in [3.8, 4) is 0 Å². The van der Waals surface area contributed by atoms with E-state index in [-0.39, 0.29) is 12.1 Å². The van der Waals surface area contributed by atoms with Crippen molar-refractivity contribution in [1.29, 1.82) is 0 Å². The van der Waals surface area contributed by atoms with Crippen LogP contribution >= 0.6 is 0 Å². The Balaban J connectivity index is 2.14. The molecule has 1 aromatic rings. The Morgan fingerprint density at radius 2 is 2.25 bits per heavy atom. The van der Waals surface area contributed by atoms with Crippen LogP contribution < -0.4 is 0 Å². The topological polar surface area (TPSA) is 47.4 Å². The Kier molecular flexibility index (Phi) is 4.35. The van der Waals surface area contributed by atoms with Crippen LogP contribution in [0.15, 0.2) is 12.5 Å². The largest absolute Gasteiger partial charge is 0.444 e. The summed E-state index contributed by atoms with van der Waals surface area (Å²) in [5.41, 5.74) is 0.670. The smallest absolute Gasteiger partial charge is 0.410 e. The molecule has 0 radical (unpaired) electrons. The van der Waals surface area contributed by atoms with E-state index in [0.29, 0.717) is 0 Å². The lowest BCUT2D eigenvalue weighted by atomic mass is 10.1. The Bertz CT molecular complexity index is 462. The number of likely N-dealkylation sites (tertiary alicyclic amines) is 1. The summed E-state index contributed by atoms with van der Waals surface area (Å²) in [5.74, 6) is 0. The summed E-state index contributed by atoms with van der Waals surface area (Å²) in [6.07, 6.45) is 6.57. The van der Waals surface area contributed by atoms with Crippen molar-refractivity contribution in [2.24, 2.45) is 0 Å². The van der Waals surface area contributed by atoms with Crippen LogP contribution in [0.3, 0.4) is 0 Å². The summed E-state index contributed by atoms with van der Waals surface area (Å²) in [5, 5.41) is 0. The van der Waals surface area contributed by atoms with Gasteiger partial charge in [-0.05, 0) is 40.0 Å². The van der Waals surface area contributed by atoms with Gasteiger partial charge in [-0.15, -0.1) is 0 Å². The van der Waals surface area contributed by atoms with E-state index in [4.69, 9.17) is 4.74 Å². The third kappa shape index (κ3) is 3.32. The van der Waals surface area contributed by atoms with Crippen LogP contribution in [0.5, 0.6) is 0 Å².